The van der Waals surface area contributed by atoms with Gasteiger partial charge in [-0.1, -0.05) is 13.8 Å². The van der Waals surface area contributed by atoms with E-state index in [4.69, 9.17) is 23.7 Å². The van der Waals surface area contributed by atoms with Gasteiger partial charge in [0.15, 0.2) is 12.2 Å². The van der Waals surface area contributed by atoms with E-state index in [2.05, 4.69) is 5.32 Å². The van der Waals surface area contributed by atoms with Crippen molar-refractivity contribution in [1.29, 1.82) is 0 Å². The third kappa shape index (κ3) is 7.68. The lowest BCUT2D eigenvalue weighted by atomic mass is 9.95. The van der Waals surface area contributed by atoms with E-state index in [9.17, 15) is 24.0 Å². The summed E-state index contributed by atoms with van der Waals surface area (Å²) in [6.45, 7) is 7.46. The summed E-state index contributed by atoms with van der Waals surface area (Å²) in [5, 5.41) is 2.60. The van der Waals surface area contributed by atoms with Gasteiger partial charge in [-0.3, -0.25) is 24.0 Å². The quantitative estimate of drug-likeness (QED) is 0.438. The molecule has 0 saturated carbocycles. The predicted octanol–water partition coefficient (Wildman–Crippen LogP) is -0.158. The smallest absolute Gasteiger partial charge is 0.305 e. The first kappa shape index (κ1) is 24.3. The molecule has 1 aliphatic rings. The molecule has 5 unspecified atom stereocenters. The van der Waals surface area contributed by atoms with Crippen LogP contribution >= 0.6 is 0 Å². The van der Waals surface area contributed by atoms with Crippen molar-refractivity contribution in [2.24, 2.45) is 5.92 Å². The van der Waals surface area contributed by atoms with Crippen LogP contribution < -0.4 is 5.32 Å². The van der Waals surface area contributed by atoms with Gasteiger partial charge in [0.1, 0.15) is 18.8 Å². The summed E-state index contributed by atoms with van der Waals surface area (Å²) in [4.78, 5) is 58.3. The summed E-state index contributed by atoms with van der Waals surface area (Å²) in [5.41, 5.74) is 0. The van der Waals surface area contributed by atoms with E-state index in [1.807, 2.05) is 0 Å². The minimum Gasteiger partial charge on any atom is -0.463 e. The highest BCUT2D eigenvalue weighted by atomic mass is 16.7. The molecule has 11 nitrogen and oxygen atoms in total. The highest BCUT2D eigenvalue weighted by Gasteiger charge is 2.52. The summed E-state index contributed by atoms with van der Waals surface area (Å²) in [5.74, 6) is -3.69. The monoisotopic (exact) mass is 417 g/mol. The molecule has 29 heavy (non-hydrogen) atoms. The Morgan fingerprint density at radius 3 is 1.79 bits per heavy atom. The molecule has 0 aromatic heterocycles. The van der Waals surface area contributed by atoms with E-state index in [0.29, 0.717) is 0 Å². The molecule has 1 amide bonds. The van der Waals surface area contributed by atoms with Crippen LogP contribution in [0.4, 0.5) is 0 Å². The van der Waals surface area contributed by atoms with Gasteiger partial charge in [-0.15, -0.1) is 0 Å². The first-order valence-corrected chi connectivity index (χ1v) is 9.03. The molecule has 164 valence electrons. The number of amides is 1. The van der Waals surface area contributed by atoms with Crippen molar-refractivity contribution < 1.29 is 47.7 Å². The lowest BCUT2D eigenvalue weighted by molar-refractivity contribution is -0.271. The topological polar surface area (TPSA) is 144 Å². The molecule has 5 atom stereocenters. The van der Waals surface area contributed by atoms with Gasteiger partial charge in [-0.05, 0) is 0 Å². The van der Waals surface area contributed by atoms with Crippen LogP contribution in [-0.4, -0.2) is 67.0 Å². The van der Waals surface area contributed by atoms with Crippen molar-refractivity contribution in [3.63, 3.8) is 0 Å². The molecule has 0 bridgehead atoms. The van der Waals surface area contributed by atoms with Crippen LogP contribution in [0.15, 0.2) is 0 Å². The number of nitrogens with one attached hydrogen (secondary N) is 1. The number of hydrogen-bond donors (Lipinski definition) is 1. The Morgan fingerprint density at radius 1 is 0.828 bits per heavy atom. The van der Waals surface area contributed by atoms with Crippen LogP contribution in [0.25, 0.3) is 0 Å². The summed E-state index contributed by atoms with van der Waals surface area (Å²) >= 11 is 0. The Bertz CT molecular complexity index is 647. The first-order chi connectivity index (χ1) is 13.4. The Balaban J connectivity index is 3.34. The Morgan fingerprint density at radius 2 is 1.34 bits per heavy atom. The Hall–Kier alpha value is -2.69. The second-order valence-electron chi connectivity index (χ2n) is 6.79. The van der Waals surface area contributed by atoms with Gasteiger partial charge >= 0.3 is 23.9 Å². The maximum absolute atomic E-state index is 12.3. The average Bonchev–Trinajstić information content (AvgIpc) is 2.56. The fourth-order valence-corrected chi connectivity index (χ4v) is 2.65. The van der Waals surface area contributed by atoms with Crippen molar-refractivity contribution in [2.45, 2.75) is 72.2 Å². The minimum atomic E-state index is -1.38. The lowest BCUT2D eigenvalue weighted by Gasteiger charge is -2.44. The van der Waals surface area contributed by atoms with Crippen LogP contribution in [0.5, 0.6) is 0 Å². The van der Waals surface area contributed by atoms with Crippen molar-refractivity contribution in [2.75, 3.05) is 6.61 Å². The van der Waals surface area contributed by atoms with Crippen LogP contribution in [0.3, 0.4) is 0 Å². The van der Waals surface area contributed by atoms with Crippen LogP contribution in [-0.2, 0) is 47.7 Å². The molecule has 1 heterocycles. The molecule has 1 fully saturated rings. The molecular weight excluding hydrogens is 390 g/mol. The number of hydrogen-bond acceptors (Lipinski definition) is 10. The maximum atomic E-state index is 12.3. The number of ether oxygens (including phenoxy) is 5. The summed E-state index contributed by atoms with van der Waals surface area (Å²) in [6, 6.07) is -1.17. The summed E-state index contributed by atoms with van der Waals surface area (Å²) in [7, 11) is 0. The van der Waals surface area contributed by atoms with Gasteiger partial charge in [0.05, 0.1) is 0 Å². The van der Waals surface area contributed by atoms with Gasteiger partial charge in [0.2, 0.25) is 12.2 Å². The molecule has 0 spiro atoms. The predicted molar refractivity (Wildman–Crippen MR) is 94.9 cm³/mol. The lowest BCUT2D eigenvalue weighted by Crippen LogP contribution is -2.67. The van der Waals surface area contributed by atoms with Crippen LogP contribution in [0.1, 0.15) is 41.5 Å². The normalized spacial score (nSPS) is 26.2. The van der Waals surface area contributed by atoms with E-state index in [-0.39, 0.29) is 6.61 Å². The fraction of sp³-hybridized carbons (Fsp3) is 0.722. The molecule has 1 saturated heterocycles. The standard InChI is InChI=1S/C18H27NO10/c1-8(2)17(24)19-14-16(27-11(5)22)15(26-10(4)21)13(7-25-9(3)20)29-18(14)28-12(6)23/h8,13-16,18H,7H2,1-6H3,(H,19,24). The van der Waals surface area contributed by atoms with Gasteiger partial charge in [0, 0.05) is 33.6 Å². The molecule has 0 aliphatic carbocycles. The van der Waals surface area contributed by atoms with E-state index in [1.54, 1.807) is 13.8 Å². The zero-order chi connectivity index (χ0) is 22.3. The van der Waals surface area contributed by atoms with Crippen LogP contribution in [0.2, 0.25) is 0 Å². The zero-order valence-corrected chi connectivity index (χ0v) is 17.3. The zero-order valence-electron chi connectivity index (χ0n) is 17.3. The van der Waals surface area contributed by atoms with Crippen molar-refractivity contribution in [3.05, 3.63) is 0 Å². The molecule has 1 N–H and O–H groups in total. The average molecular weight is 417 g/mol. The fourth-order valence-electron chi connectivity index (χ4n) is 2.65. The van der Waals surface area contributed by atoms with Crippen molar-refractivity contribution in [1.82, 2.24) is 5.32 Å². The minimum absolute atomic E-state index is 0.367. The summed E-state index contributed by atoms with van der Waals surface area (Å²) < 4.78 is 26.3. The number of rotatable bonds is 7. The molecule has 0 aromatic rings. The molecule has 0 aromatic carbocycles. The van der Waals surface area contributed by atoms with Crippen molar-refractivity contribution in [3.8, 4) is 0 Å². The Labute approximate surface area is 168 Å². The van der Waals surface area contributed by atoms with Gasteiger partial charge in [-0.25, -0.2) is 0 Å². The van der Waals surface area contributed by atoms with E-state index >= 15 is 0 Å². The first-order valence-electron chi connectivity index (χ1n) is 9.03. The third-order valence-corrected chi connectivity index (χ3v) is 3.82. The van der Waals surface area contributed by atoms with E-state index in [1.165, 1.54) is 6.92 Å². The number of carbonyl (C=O) groups is 5. The highest BCUT2D eigenvalue weighted by Crippen LogP contribution is 2.28. The van der Waals surface area contributed by atoms with Gasteiger partial charge in [0.25, 0.3) is 0 Å². The summed E-state index contributed by atoms with van der Waals surface area (Å²) in [6.07, 6.45) is -5.01. The number of esters is 4. The number of carbonyl (C=O) groups excluding carboxylic acids is 5. The largest absolute Gasteiger partial charge is 0.463 e. The SMILES string of the molecule is CC(=O)OCC1OC(OC(C)=O)C(NC(=O)C(C)C)C(OC(C)=O)C1OC(C)=O. The second-order valence-corrected chi connectivity index (χ2v) is 6.79. The molecule has 11 heteroatoms. The third-order valence-electron chi connectivity index (χ3n) is 3.82. The van der Waals surface area contributed by atoms with Crippen LogP contribution in [0, 0.1) is 5.92 Å². The highest BCUT2D eigenvalue weighted by molar-refractivity contribution is 5.78. The maximum Gasteiger partial charge on any atom is 0.305 e. The second kappa shape index (κ2) is 10.7. The molecule has 1 aliphatic heterocycles. The van der Waals surface area contributed by atoms with E-state index in [0.717, 1.165) is 20.8 Å². The van der Waals surface area contributed by atoms with E-state index < -0.39 is 66.3 Å². The van der Waals surface area contributed by atoms with Crippen molar-refractivity contribution >= 4 is 29.8 Å². The van der Waals surface area contributed by atoms with Gasteiger partial charge in [-0.2, -0.15) is 0 Å². The molecule has 0 radical (unpaired) electrons. The Kier molecular flexibility index (Phi) is 9.02. The molecular formula is C18H27NO10. The van der Waals surface area contributed by atoms with Gasteiger partial charge < -0.3 is 29.0 Å². The molecule has 1 rings (SSSR count).